The van der Waals surface area contributed by atoms with Crippen molar-refractivity contribution in [1.82, 2.24) is 5.32 Å². The second-order valence-corrected chi connectivity index (χ2v) is 7.15. The number of aliphatic carboxylic acids is 1. The summed E-state index contributed by atoms with van der Waals surface area (Å²) in [6, 6.07) is 7.36. The van der Waals surface area contributed by atoms with E-state index in [4.69, 9.17) is 39.5 Å². The van der Waals surface area contributed by atoms with Crippen LogP contribution in [0.2, 0.25) is 15.1 Å². The van der Waals surface area contributed by atoms with Gasteiger partial charge in [-0.3, -0.25) is 14.9 Å². The zero-order valence-electron chi connectivity index (χ0n) is 14.8. The lowest BCUT2D eigenvalue weighted by Crippen LogP contribution is -2.54. The number of carbonyl (C=O) groups excluding carboxylic acids is 4. The smallest absolute Gasteiger partial charge is 0.335 e. The fraction of sp³-hybridized carbons (Fsp3) is 0.0526. The first kappa shape index (κ1) is 21.6. The van der Waals surface area contributed by atoms with Gasteiger partial charge in [0.25, 0.3) is 11.8 Å². The van der Waals surface area contributed by atoms with E-state index < -0.39 is 30.4 Å². The number of carboxylic acid groups (broad SMARTS) is 1. The minimum Gasteiger partial charge on any atom is -0.546 e. The van der Waals surface area contributed by atoms with Gasteiger partial charge < -0.3 is 14.6 Å². The molecule has 0 radical (unpaired) electrons. The van der Waals surface area contributed by atoms with Gasteiger partial charge >= 0.3 is 6.03 Å². The monoisotopic (exact) mass is 467 g/mol. The average Bonchev–Trinajstić information content (AvgIpc) is 2.66. The molecule has 0 atom stereocenters. The second kappa shape index (κ2) is 8.74. The highest BCUT2D eigenvalue weighted by Crippen LogP contribution is 2.32. The SMILES string of the molecule is O=C([O-])COc1ccc(/C=C2/C(=O)NC(=O)N(c3ccc(Cl)cc3Cl)C2=O)cc1Cl. The summed E-state index contributed by atoms with van der Waals surface area (Å²) < 4.78 is 4.96. The fourth-order valence-electron chi connectivity index (χ4n) is 2.57. The molecule has 0 aliphatic carbocycles. The number of imide groups is 2. The molecule has 1 saturated heterocycles. The van der Waals surface area contributed by atoms with Crippen LogP contribution in [0.5, 0.6) is 5.75 Å². The van der Waals surface area contributed by atoms with E-state index in [0.717, 1.165) is 0 Å². The van der Waals surface area contributed by atoms with E-state index in [0.29, 0.717) is 15.5 Å². The summed E-state index contributed by atoms with van der Waals surface area (Å²) in [6.45, 7) is -0.694. The van der Waals surface area contributed by atoms with Crippen molar-refractivity contribution in [2.75, 3.05) is 11.5 Å². The maximum atomic E-state index is 12.9. The molecular formula is C19H10Cl3N2O6-. The van der Waals surface area contributed by atoms with Crippen molar-refractivity contribution >= 4 is 70.4 Å². The lowest BCUT2D eigenvalue weighted by atomic mass is 10.1. The minimum atomic E-state index is -1.42. The van der Waals surface area contributed by atoms with Gasteiger partial charge in [-0.2, -0.15) is 0 Å². The molecular weight excluding hydrogens is 459 g/mol. The van der Waals surface area contributed by atoms with Crippen LogP contribution in [0.15, 0.2) is 42.0 Å². The third-order valence-corrected chi connectivity index (χ3v) is 4.70. The maximum Gasteiger partial charge on any atom is 0.335 e. The molecule has 0 aromatic heterocycles. The van der Waals surface area contributed by atoms with Crippen molar-refractivity contribution < 1.29 is 29.0 Å². The van der Waals surface area contributed by atoms with Gasteiger partial charge in [0.05, 0.1) is 21.7 Å². The van der Waals surface area contributed by atoms with E-state index in [1.807, 2.05) is 0 Å². The number of nitrogens with zero attached hydrogens (tertiary/aromatic N) is 1. The van der Waals surface area contributed by atoms with Crippen LogP contribution in [0.4, 0.5) is 10.5 Å². The Labute approximate surface area is 184 Å². The number of amides is 4. The highest BCUT2D eigenvalue weighted by Gasteiger charge is 2.37. The number of ether oxygens (including phenoxy) is 1. The Balaban J connectivity index is 1.94. The topological polar surface area (TPSA) is 116 Å². The quantitative estimate of drug-likeness (QED) is 0.532. The maximum absolute atomic E-state index is 12.9. The largest absolute Gasteiger partial charge is 0.546 e. The first-order valence-corrected chi connectivity index (χ1v) is 9.29. The lowest BCUT2D eigenvalue weighted by Gasteiger charge is -2.27. The summed E-state index contributed by atoms with van der Waals surface area (Å²) in [5.74, 6) is -3.15. The van der Waals surface area contributed by atoms with E-state index in [2.05, 4.69) is 5.32 Å². The van der Waals surface area contributed by atoms with Crippen molar-refractivity contribution in [3.8, 4) is 5.75 Å². The van der Waals surface area contributed by atoms with E-state index >= 15 is 0 Å². The van der Waals surface area contributed by atoms with Crippen molar-refractivity contribution in [2.24, 2.45) is 0 Å². The van der Waals surface area contributed by atoms with Crippen LogP contribution in [0.25, 0.3) is 6.08 Å². The van der Waals surface area contributed by atoms with Gasteiger partial charge in [-0.05, 0) is 42.0 Å². The first-order valence-electron chi connectivity index (χ1n) is 8.16. The molecule has 3 rings (SSSR count). The molecule has 1 aliphatic heterocycles. The predicted molar refractivity (Wildman–Crippen MR) is 107 cm³/mol. The van der Waals surface area contributed by atoms with Crippen LogP contribution in [0.1, 0.15) is 5.56 Å². The standard InChI is InChI=1S/C19H11Cl3N2O6/c20-10-2-3-14(12(21)7-10)24-18(28)11(17(27)23-19(24)29)5-9-1-4-15(13(22)6-9)30-8-16(25)26/h1-7H,8H2,(H,25,26)(H,23,27,29)/p-1/b11-5-. The normalized spacial score (nSPS) is 15.4. The van der Waals surface area contributed by atoms with E-state index in [-0.39, 0.29) is 27.1 Å². The Hall–Kier alpha value is -3.07. The highest BCUT2D eigenvalue weighted by molar-refractivity contribution is 6.42. The molecule has 1 heterocycles. The number of benzene rings is 2. The molecule has 1 fully saturated rings. The van der Waals surface area contributed by atoms with Crippen molar-refractivity contribution in [3.05, 3.63) is 62.6 Å². The number of anilines is 1. The summed E-state index contributed by atoms with van der Waals surface area (Å²) in [5.41, 5.74) is 0.0296. The third kappa shape index (κ3) is 4.56. The summed E-state index contributed by atoms with van der Waals surface area (Å²) in [4.78, 5) is 48.5. The summed E-state index contributed by atoms with van der Waals surface area (Å²) >= 11 is 18.0. The number of hydrogen-bond acceptors (Lipinski definition) is 6. The van der Waals surface area contributed by atoms with Gasteiger partial charge in [0, 0.05) is 5.02 Å². The number of barbiturate groups is 1. The summed E-state index contributed by atoms with van der Waals surface area (Å²) in [6.07, 6.45) is 1.22. The van der Waals surface area contributed by atoms with Gasteiger partial charge in [0.2, 0.25) is 0 Å². The Morgan fingerprint density at radius 2 is 1.80 bits per heavy atom. The summed E-state index contributed by atoms with van der Waals surface area (Å²) in [7, 11) is 0. The molecule has 0 spiro atoms. The van der Waals surface area contributed by atoms with Crippen LogP contribution in [-0.2, 0) is 14.4 Å². The van der Waals surface area contributed by atoms with Gasteiger partial charge in [-0.25, -0.2) is 9.69 Å². The molecule has 0 bridgehead atoms. The Bertz CT molecular complexity index is 1120. The zero-order valence-corrected chi connectivity index (χ0v) is 17.0. The number of nitrogens with one attached hydrogen (secondary N) is 1. The Morgan fingerprint density at radius 3 is 2.43 bits per heavy atom. The van der Waals surface area contributed by atoms with E-state index in [1.165, 1.54) is 42.5 Å². The Kier molecular flexibility index (Phi) is 6.31. The molecule has 1 aliphatic rings. The van der Waals surface area contributed by atoms with Crippen LogP contribution in [0.3, 0.4) is 0 Å². The van der Waals surface area contributed by atoms with Crippen LogP contribution in [-0.4, -0.2) is 30.4 Å². The number of carbonyl (C=O) groups is 4. The molecule has 1 N–H and O–H groups in total. The van der Waals surface area contributed by atoms with Crippen molar-refractivity contribution in [2.45, 2.75) is 0 Å². The van der Waals surface area contributed by atoms with E-state index in [1.54, 1.807) is 0 Å². The molecule has 8 nitrogen and oxygen atoms in total. The average molecular weight is 469 g/mol. The second-order valence-electron chi connectivity index (χ2n) is 5.90. The van der Waals surface area contributed by atoms with Gasteiger partial charge in [0.1, 0.15) is 17.9 Å². The van der Waals surface area contributed by atoms with Crippen LogP contribution >= 0.6 is 34.8 Å². The molecule has 0 saturated carbocycles. The fourth-order valence-corrected chi connectivity index (χ4v) is 3.30. The highest BCUT2D eigenvalue weighted by atomic mass is 35.5. The zero-order chi connectivity index (χ0) is 22.0. The molecule has 154 valence electrons. The summed E-state index contributed by atoms with van der Waals surface area (Å²) in [5, 5.41) is 12.9. The van der Waals surface area contributed by atoms with Gasteiger partial charge in [-0.1, -0.05) is 40.9 Å². The number of carboxylic acids is 1. The molecule has 2 aromatic rings. The number of urea groups is 1. The van der Waals surface area contributed by atoms with Crippen molar-refractivity contribution in [1.29, 1.82) is 0 Å². The third-order valence-electron chi connectivity index (χ3n) is 3.86. The molecule has 11 heteroatoms. The first-order chi connectivity index (χ1) is 14.2. The molecule has 30 heavy (non-hydrogen) atoms. The Morgan fingerprint density at radius 1 is 1.07 bits per heavy atom. The molecule has 4 amide bonds. The van der Waals surface area contributed by atoms with Crippen LogP contribution < -0.4 is 20.1 Å². The lowest BCUT2D eigenvalue weighted by molar-refractivity contribution is -0.307. The number of rotatable bonds is 5. The molecule has 0 unspecified atom stereocenters. The van der Waals surface area contributed by atoms with Gasteiger partial charge in [0.15, 0.2) is 0 Å². The minimum absolute atomic E-state index is 0.0390. The predicted octanol–water partition coefficient (Wildman–Crippen LogP) is 2.44. The molecule has 2 aromatic carbocycles. The van der Waals surface area contributed by atoms with E-state index in [9.17, 15) is 24.3 Å². The van der Waals surface area contributed by atoms with Crippen LogP contribution in [0, 0.1) is 0 Å². The van der Waals surface area contributed by atoms with Crippen molar-refractivity contribution in [3.63, 3.8) is 0 Å². The number of hydrogen-bond donors (Lipinski definition) is 1. The number of halogens is 3. The van der Waals surface area contributed by atoms with Gasteiger partial charge in [-0.15, -0.1) is 0 Å².